The number of nitro benzene ring substituents is 1. The van der Waals surface area contributed by atoms with Crippen molar-refractivity contribution in [3.8, 4) is 11.5 Å². The topological polar surface area (TPSA) is 119 Å². The molecule has 9 heteroatoms. The highest BCUT2D eigenvalue weighted by atomic mass is 16.6. The van der Waals surface area contributed by atoms with Crippen LogP contribution in [-0.2, 0) is 13.1 Å². The number of aromatic hydroxyl groups is 2. The molecule has 4 aromatic heterocycles. The van der Waals surface area contributed by atoms with Gasteiger partial charge in [0.1, 0.15) is 22.5 Å². The van der Waals surface area contributed by atoms with Crippen molar-refractivity contribution in [3.05, 3.63) is 184 Å². The molecule has 9 rings (SSSR count). The number of rotatable bonds is 8. The summed E-state index contributed by atoms with van der Waals surface area (Å²) in [5, 5.41) is 36.7. The zero-order chi connectivity index (χ0) is 35.3. The van der Waals surface area contributed by atoms with Crippen LogP contribution in [0.1, 0.15) is 33.7 Å². The monoisotopic (exact) mass is 681 g/mol. The van der Waals surface area contributed by atoms with Crippen molar-refractivity contribution in [1.82, 2.24) is 19.1 Å². The van der Waals surface area contributed by atoms with Gasteiger partial charge in [0.15, 0.2) is 0 Å². The second kappa shape index (κ2) is 12.4. The zero-order valence-corrected chi connectivity index (χ0v) is 27.8. The van der Waals surface area contributed by atoms with Gasteiger partial charge in [0, 0.05) is 88.5 Å². The first-order valence-electron chi connectivity index (χ1n) is 17.0. The molecule has 0 aliphatic heterocycles. The van der Waals surface area contributed by atoms with Crippen LogP contribution < -0.4 is 0 Å². The van der Waals surface area contributed by atoms with E-state index >= 15 is 0 Å². The minimum atomic E-state index is -0.371. The van der Waals surface area contributed by atoms with E-state index in [2.05, 4.69) is 55.8 Å². The molecule has 252 valence electrons. The Balaban J connectivity index is 1.24. The number of nitro groups is 1. The molecule has 0 aliphatic rings. The van der Waals surface area contributed by atoms with Crippen molar-refractivity contribution in [1.29, 1.82) is 0 Å². The van der Waals surface area contributed by atoms with Crippen molar-refractivity contribution in [2.45, 2.75) is 19.0 Å². The molecule has 0 saturated carbocycles. The molecular formula is C43H31N5O4. The normalized spacial score (nSPS) is 11.7. The van der Waals surface area contributed by atoms with Gasteiger partial charge >= 0.3 is 0 Å². The highest BCUT2D eigenvalue weighted by Crippen LogP contribution is 2.42. The Morgan fingerprint density at radius 3 is 1.52 bits per heavy atom. The number of para-hydroxylation sites is 2. The molecular weight excluding hydrogens is 651 g/mol. The predicted molar refractivity (Wildman–Crippen MR) is 203 cm³/mol. The summed E-state index contributed by atoms with van der Waals surface area (Å²) in [6, 6.07) is 38.5. The molecule has 9 aromatic rings. The number of fused-ring (bicyclic) bond motifs is 4. The lowest BCUT2D eigenvalue weighted by atomic mass is 9.84. The Morgan fingerprint density at radius 1 is 0.577 bits per heavy atom. The summed E-state index contributed by atoms with van der Waals surface area (Å²) in [7, 11) is 0. The molecule has 9 nitrogen and oxygen atoms in total. The number of phenols is 2. The standard InChI is InChI=1S/C43H31N5O4/c49-39-19-15-28(31-9-5-21-44-42(31)39)23-46-25-35(33-7-1-3-11-37(33)46)41(27-13-17-30(18-14-27)48(51)52)36-26-47(38-12-4-2-8-34(36)38)24-29-16-20-40(50)43-32(29)10-6-22-45-43/h1-22,25-26,41,49-50H,23-24H2. The van der Waals surface area contributed by atoms with Gasteiger partial charge in [0.2, 0.25) is 0 Å². The van der Waals surface area contributed by atoms with Crippen molar-refractivity contribution >= 4 is 49.3 Å². The van der Waals surface area contributed by atoms with Crippen LogP contribution in [0, 0.1) is 10.1 Å². The van der Waals surface area contributed by atoms with Crippen LogP contribution in [0.5, 0.6) is 11.5 Å². The molecule has 0 aliphatic carbocycles. The van der Waals surface area contributed by atoms with Crippen LogP contribution in [0.15, 0.2) is 146 Å². The number of aromatic nitrogens is 4. The summed E-state index contributed by atoms with van der Waals surface area (Å²) in [5.74, 6) is 0.00162. The number of benzene rings is 5. The molecule has 4 heterocycles. The Morgan fingerprint density at radius 2 is 1.04 bits per heavy atom. The molecule has 0 atom stereocenters. The molecule has 0 amide bonds. The predicted octanol–water partition coefficient (Wildman–Crippen LogP) is 9.29. The van der Waals surface area contributed by atoms with E-state index in [4.69, 9.17) is 0 Å². The fraction of sp³-hybridized carbons (Fsp3) is 0.0698. The number of non-ortho nitro benzene ring substituents is 1. The summed E-state index contributed by atoms with van der Waals surface area (Å²) >= 11 is 0. The SMILES string of the molecule is O=[N+]([O-])c1ccc(C(c2cn(Cc3ccc(O)c4ncccc34)c3ccccc23)c2cn(Cc3ccc(O)c4ncccc34)c3ccccc23)cc1. The zero-order valence-electron chi connectivity index (χ0n) is 27.8. The van der Waals surface area contributed by atoms with E-state index in [1.807, 2.05) is 72.8 Å². The quantitative estimate of drug-likeness (QED) is 0.122. The molecule has 52 heavy (non-hydrogen) atoms. The van der Waals surface area contributed by atoms with Crippen molar-refractivity contribution < 1.29 is 15.1 Å². The number of hydrogen-bond acceptors (Lipinski definition) is 6. The highest BCUT2D eigenvalue weighted by molar-refractivity contribution is 5.92. The summed E-state index contributed by atoms with van der Waals surface area (Å²) < 4.78 is 4.47. The Labute approximate surface area is 297 Å². The molecule has 0 unspecified atom stereocenters. The summed E-state index contributed by atoms with van der Waals surface area (Å²) in [6.45, 7) is 1.08. The summed E-state index contributed by atoms with van der Waals surface area (Å²) in [6.07, 6.45) is 7.75. The molecule has 0 fully saturated rings. The maximum atomic E-state index is 11.7. The first-order chi connectivity index (χ1) is 25.4. The van der Waals surface area contributed by atoms with Gasteiger partial charge < -0.3 is 19.3 Å². The van der Waals surface area contributed by atoms with Crippen molar-refractivity contribution in [2.75, 3.05) is 0 Å². The largest absolute Gasteiger partial charge is 0.506 e. The second-order valence-corrected chi connectivity index (χ2v) is 13.0. The first kappa shape index (κ1) is 31.0. The van der Waals surface area contributed by atoms with E-state index in [0.29, 0.717) is 24.1 Å². The second-order valence-electron chi connectivity index (χ2n) is 13.0. The van der Waals surface area contributed by atoms with E-state index in [9.17, 15) is 20.3 Å². The van der Waals surface area contributed by atoms with Gasteiger partial charge in [-0.25, -0.2) is 0 Å². The maximum absolute atomic E-state index is 11.7. The van der Waals surface area contributed by atoms with Crippen LogP contribution >= 0.6 is 0 Å². The van der Waals surface area contributed by atoms with Gasteiger partial charge in [0.05, 0.1) is 4.92 Å². The number of pyridine rings is 2. The third-order valence-corrected chi connectivity index (χ3v) is 10.1. The van der Waals surface area contributed by atoms with E-state index in [1.165, 1.54) is 0 Å². The van der Waals surface area contributed by atoms with E-state index in [1.54, 1.807) is 36.7 Å². The van der Waals surface area contributed by atoms with Crippen molar-refractivity contribution in [2.24, 2.45) is 0 Å². The van der Waals surface area contributed by atoms with E-state index in [-0.39, 0.29) is 28.0 Å². The van der Waals surface area contributed by atoms with Gasteiger partial charge in [-0.15, -0.1) is 0 Å². The fourth-order valence-electron chi connectivity index (χ4n) is 7.66. The fourth-order valence-corrected chi connectivity index (χ4v) is 7.66. The van der Waals surface area contributed by atoms with Crippen LogP contribution in [-0.4, -0.2) is 34.2 Å². The van der Waals surface area contributed by atoms with Gasteiger partial charge in [-0.05, 0) is 64.2 Å². The minimum Gasteiger partial charge on any atom is -0.506 e. The third-order valence-electron chi connectivity index (χ3n) is 10.1. The maximum Gasteiger partial charge on any atom is 0.269 e. The minimum absolute atomic E-state index is 0.0352. The lowest BCUT2D eigenvalue weighted by Crippen LogP contribution is -2.04. The first-order valence-corrected chi connectivity index (χ1v) is 17.0. The summed E-state index contributed by atoms with van der Waals surface area (Å²) in [4.78, 5) is 20.2. The summed E-state index contributed by atoms with van der Waals surface area (Å²) in [5.41, 5.74) is 8.34. The molecule has 0 spiro atoms. The lowest BCUT2D eigenvalue weighted by Gasteiger charge is -2.17. The van der Waals surface area contributed by atoms with Crippen LogP contribution in [0.3, 0.4) is 0 Å². The molecule has 0 radical (unpaired) electrons. The number of hydrogen-bond donors (Lipinski definition) is 2. The third kappa shape index (κ3) is 5.18. The molecule has 0 saturated heterocycles. The molecule has 5 aromatic carbocycles. The molecule has 2 N–H and O–H groups in total. The van der Waals surface area contributed by atoms with Gasteiger partial charge in [0.25, 0.3) is 5.69 Å². The van der Waals surface area contributed by atoms with Crippen LogP contribution in [0.25, 0.3) is 43.6 Å². The lowest BCUT2D eigenvalue weighted by molar-refractivity contribution is -0.384. The van der Waals surface area contributed by atoms with Gasteiger partial charge in [-0.2, -0.15) is 0 Å². The van der Waals surface area contributed by atoms with E-state index < -0.39 is 0 Å². The van der Waals surface area contributed by atoms with Crippen LogP contribution in [0.4, 0.5) is 5.69 Å². The van der Waals surface area contributed by atoms with Crippen molar-refractivity contribution in [3.63, 3.8) is 0 Å². The highest BCUT2D eigenvalue weighted by Gasteiger charge is 2.26. The van der Waals surface area contributed by atoms with Gasteiger partial charge in [-0.3, -0.25) is 20.1 Å². The number of phenolic OH excluding ortho intramolecular Hbond substituents is 2. The van der Waals surface area contributed by atoms with Crippen LogP contribution in [0.2, 0.25) is 0 Å². The van der Waals surface area contributed by atoms with Gasteiger partial charge in [-0.1, -0.05) is 72.8 Å². The Hall–Kier alpha value is -7.00. The average Bonchev–Trinajstić information content (AvgIpc) is 3.72. The molecule has 0 bridgehead atoms. The average molecular weight is 682 g/mol. The smallest absolute Gasteiger partial charge is 0.269 e. The Bertz CT molecular complexity index is 2660. The van der Waals surface area contributed by atoms with E-state index in [0.717, 1.165) is 60.4 Å². The Kier molecular flexibility index (Phi) is 7.40. The number of nitrogens with zero attached hydrogens (tertiary/aromatic N) is 5.